The SMILES string of the molecule is COCC(Cl)Cc1ccc(S(N)(=O)=O)cc1. The molecular formula is C10H14ClNO3S. The number of rotatable bonds is 5. The summed E-state index contributed by atoms with van der Waals surface area (Å²) in [5, 5.41) is 4.86. The van der Waals surface area contributed by atoms with Gasteiger partial charge in [0.05, 0.1) is 16.9 Å². The van der Waals surface area contributed by atoms with E-state index >= 15 is 0 Å². The molecule has 1 atom stereocenters. The van der Waals surface area contributed by atoms with Gasteiger partial charge in [-0.3, -0.25) is 0 Å². The minimum absolute atomic E-state index is 0.106. The maximum Gasteiger partial charge on any atom is 0.238 e. The van der Waals surface area contributed by atoms with Gasteiger partial charge in [-0.1, -0.05) is 12.1 Å². The Labute approximate surface area is 100 Å². The highest BCUT2D eigenvalue weighted by Crippen LogP contribution is 2.12. The lowest BCUT2D eigenvalue weighted by Gasteiger charge is -2.08. The van der Waals surface area contributed by atoms with E-state index in [1.807, 2.05) is 0 Å². The average Bonchev–Trinajstić information content (AvgIpc) is 2.17. The van der Waals surface area contributed by atoms with Crippen molar-refractivity contribution < 1.29 is 13.2 Å². The number of sulfonamides is 1. The summed E-state index contributed by atoms with van der Waals surface area (Å²) in [6, 6.07) is 6.34. The number of benzene rings is 1. The van der Waals surface area contributed by atoms with Crippen molar-refractivity contribution in [1.82, 2.24) is 0 Å². The Balaban J connectivity index is 2.72. The number of hydrogen-bond donors (Lipinski definition) is 1. The second-order valence-corrected chi connectivity index (χ2v) is 5.62. The Morgan fingerprint density at radius 1 is 1.38 bits per heavy atom. The average molecular weight is 264 g/mol. The van der Waals surface area contributed by atoms with Crippen molar-refractivity contribution >= 4 is 21.6 Å². The summed E-state index contributed by atoms with van der Waals surface area (Å²) in [4.78, 5) is 0.106. The van der Waals surface area contributed by atoms with E-state index in [0.717, 1.165) is 5.56 Å². The van der Waals surface area contributed by atoms with Crippen LogP contribution < -0.4 is 5.14 Å². The van der Waals surface area contributed by atoms with Crippen LogP contribution in [-0.4, -0.2) is 27.5 Å². The van der Waals surface area contributed by atoms with Gasteiger partial charge in [0.1, 0.15) is 0 Å². The summed E-state index contributed by atoms with van der Waals surface area (Å²) in [5.41, 5.74) is 0.949. The molecule has 1 unspecified atom stereocenters. The van der Waals surface area contributed by atoms with Crippen LogP contribution in [0.25, 0.3) is 0 Å². The van der Waals surface area contributed by atoms with Crippen molar-refractivity contribution in [3.05, 3.63) is 29.8 Å². The molecule has 0 saturated carbocycles. The predicted molar refractivity (Wildman–Crippen MR) is 63.0 cm³/mol. The summed E-state index contributed by atoms with van der Waals surface area (Å²) in [6.07, 6.45) is 0.625. The molecule has 0 saturated heterocycles. The van der Waals surface area contributed by atoms with Gasteiger partial charge < -0.3 is 4.74 Å². The van der Waals surface area contributed by atoms with Crippen LogP contribution in [0.15, 0.2) is 29.2 Å². The van der Waals surface area contributed by atoms with Crippen LogP contribution in [0, 0.1) is 0 Å². The first-order valence-corrected chi connectivity index (χ1v) is 6.66. The molecule has 0 spiro atoms. The summed E-state index contributed by atoms with van der Waals surface area (Å²) >= 11 is 5.98. The van der Waals surface area contributed by atoms with E-state index in [9.17, 15) is 8.42 Å². The lowest BCUT2D eigenvalue weighted by Crippen LogP contribution is -2.13. The van der Waals surface area contributed by atoms with Crippen molar-refractivity contribution in [3.63, 3.8) is 0 Å². The van der Waals surface area contributed by atoms with E-state index in [4.69, 9.17) is 21.5 Å². The van der Waals surface area contributed by atoms with Crippen LogP contribution in [0.4, 0.5) is 0 Å². The Bertz CT molecular complexity index is 430. The van der Waals surface area contributed by atoms with E-state index < -0.39 is 10.0 Å². The maximum absolute atomic E-state index is 11.0. The van der Waals surface area contributed by atoms with Gasteiger partial charge >= 0.3 is 0 Å². The highest BCUT2D eigenvalue weighted by atomic mass is 35.5. The number of nitrogens with two attached hydrogens (primary N) is 1. The Kier molecular flexibility index (Phi) is 4.73. The molecule has 0 aliphatic carbocycles. The van der Waals surface area contributed by atoms with Crippen LogP contribution in [-0.2, 0) is 21.2 Å². The number of halogens is 1. The molecule has 1 rings (SSSR count). The molecule has 0 amide bonds. The predicted octanol–water partition coefficient (Wildman–Crippen LogP) is 1.13. The van der Waals surface area contributed by atoms with Gasteiger partial charge in [0, 0.05) is 7.11 Å². The van der Waals surface area contributed by atoms with Crippen LogP contribution >= 0.6 is 11.6 Å². The van der Waals surface area contributed by atoms with Crippen molar-refractivity contribution in [2.24, 2.45) is 5.14 Å². The highest BCUT2D eigenvalue weighted by Gasteiger charge is 2.09. The molecular weight excluding hydrogens is 250 g/mol. The summed E-state index contributed by atoms with van der Waals surface area (Å²) < 4.78 is 26.9. The lowest BCUT2D eigenvalue weighted by molar-refractivity contribution is 0.197. The number of methoxy groups -OCH3 is 1. The molecule has 6 heteroatoms. The second kappa shape index (κ2) is 5.63. The zero-order chi connectivity index (χ0) is 12.2. The lowest BCUT2D eigenvalue weighted by atomic mass is 10.1. The molecule has 0 aromatic heterocycles. The first kappa shape index (κ1) is 13.4. The third kappa shape index (κ3) is 4.09. The van der Waals surface area contributed by atoms with Gasteiger partial charge in [0.15, 0.2) is 0 Å². The van der Waals surface area contributed by atoms with Crippen molar-refractivity contribution in [2.75, 3.05) is 13.7 Å². The largest absolute Gasteiger partial charge is 0.383 e. The molecule has 0 aliphatic rings. The molecule has 1 aromatic rings. The van der Waals surface area contributed by atoms with Crippen molar-refractivity contribution in [1.29, 1.82) is 0 Å². The molecule has 0 fully saturated rings. The normalized spacial score (nSPS) is 13.7. The Hall–Kier alpha value is -0.620. The number of hydrogen-bond acceptors (Lipinski definition) is 3. The summed E-state index contributed by atoms with van der Waals surface area (Å²) in [5.74, 6) is 0. The first-order chi connectivity index (χ1) is 7.43. The molecule has 1 aromatic carbocycles. The molecule has 4 nitrogen and oxygen atoms in total. The molecule has 0 radical (unpaired) electrons. The van der Waals surface area contributed by atoms with E-state index in [2.05, 4.69) is 0 Å². The maximum atomic E-state index is 11.0. The van der Waals surface area contributed by atoms with E-state index in [-0.39, 0.29) is 10.3 Å². The quantitative estimate of drug-likeness (QED) is 0.810. The summed E-state index contributed by atoms with van der Waals surface area (Å²) in [6.45, 7) is 0.457. The second-order valence-electron chi connectivity index (χ2n) is 3.45. The van der Waals surface area contributed by atoms with Gasteiger partial charge in [-0.15, -0.1) is 11.6 Å². The first-order valence-electron chi connectivity index (χ1n) is 4.68. The number of ether oxygens (including phenoxy) is 1. The van der Waals surface area contributed by atoms with Gasteiger partial charge in [0.25, 0.3) is 0 Å². The number of alkyl halides is 1. The fraction of sp³-hybridized carbons (Fsp3) is 0.400. The van der Waals surface area contributed by atoms with Gasteiger partial charge in [-0.25, -0.2) is 13.6 Å². The zero-order valence-corrected chi connectivity index (χ0v) is 10.5. The number of primary sulfonamides is 1. The van der Waals surface area contributed by atoms with Gasteiger partial charge in [-0.05, 0) is 24.1 Å². The minimum atomic E-state index is -3.62. The van der Waals surface area contributed by atoms with Crippen molar-refractivity contribution in [2.45, 2.75) is 16.7 Å². The Morgan fingerprint density at radius 3 is 2.38 bits per heavy atom. The standard InChI is InChI=1S/C10H14ClNO3S/c1-15-7-9(11)6-8-2-4-10(5-3-8)16(12,13)14/h2-5,9H,6-7H2,1H3,(H2,12,13,14). The molecule has 0 heterocycles. The monoisotopic (exact) mass is 263 g/mol. The van der Waals surface area contributed by atoms with Crippen LogP contribution in [0.5, 0.6) is 0 Å². The third-order valence-electron chi connectivity index (χ3n) is 2.06. The molecule has 2 N–H and O–H groups in total. The van der Waals surface area contributed by atoms with Crippen molar-refractivity contribution in [3.8, 4) is 0 Å². The third-order valence-corrected chi connectivity index (χ3v) is 3.27. The van der Waals surface area contributed by atoms with E-state index in [1.54, 1.807) is 19.2 Å². The minimum Gasteiger partial charge on any atom is -0.383 e. The van der Waals surface area contributed by atoms with Gasteiger partial charge in [-0.2, -0.15) is 0 Å². The highest BCUT2D eigenvalue weighted by molar-refractivity contribution is 7.89. The fourth-order valence-electron chi connectivity index (χ4n) is 1.31. The smallest absolute Gasteiger partial charge is 0.238 e. The molecule has 16 heavy (non-hydrogen) atoms. The zero-order valence-electron chi connectivity index (χ0n) is 8.89. The van der Waals surface area contributed by atoms with Crippen LogP contribution in [0.3, 0.4) is 0 Å². The van der Waals surface area contributed by atoms with E-state index in [1.165, 1.54) is 12.1 Å². The topological polar surface area (TPSA) is 69.4 Å². The van der Waals surface area contributed by atoms with E-state index in [0.29, 0.717) is 13.0 Å². The van der Waals surface area contributed by atoms with Crippen LogP contribution in [0.1, 0.15) is 5.56 Å². The molecule has 0 bridgehead atoms. The fourth-order valence-corrected chi connectivity index (χ4v) is 2.13. The Morgan fingerprint density at radius 2 is 1.94 bits per heavy atom. The molecule has 0 aliphatic heterocycles. The van der Waals surface area contributed by atoms with Gasteiger partial charge in [0.2, 0.25) is 10.0 Å². The summed E-state index contributed by atoms with van der Waals surface area (Å²) in [7, 11) is -2.03. The molecule has 90 valence electrons. The van der Waals surface area contributed by atoms with Crippen LogP contribution in [0.2, 0.25) is 0 Å².